The Morgan fingerprint density at radius 2 is 2.04 bits per heavy atom. The molecule has 1 aromatic heterocycles. The third kappa shape index (κ3) is 4.98. The predicted octanol–water partition coefficient (Wildman–Crippen LogP) is 4.10. The summed E-state index contributed by atoms with van der Waals surface area (Å²) in [6.45, 7) is 9.16. The predicted molar refractivity (Wildman–Crippen MR) is 98.0 cm³/mol. The van der Waals surface area contributed by atoms with E-state index < -0.39 is 0 Å². The van der Waals surface area contributed by atoms with Gasteiger partial charge >= 0.3 is 5.97 Å². The summed E-state index contributed by atoms with van der Waals surface area (Å²) in [5, 5.41) is 5.11. The van der Waals surface area contributed by atoms with Crippen LogP contribution < -0.4 is 4.74 Å². The topological polar surface area (TPSA) is 53.4 Å². The molecule has 0 aliphatic carbocycles. The second kappa shape index (κ2) is 8.39. The number of carbonyl (C=O) groups is 1. The minimum atomic E-state index is -0.294. The molecule has 0 amide bonds. The van der Waals surface area contributed by atoms with Crippen molar-refractivity contribution in [1.29, 1.82) is 0 Å². The molecule has 0 unspecified atom stereocenters. The SMILES string of the molecule is COc1ccc(Cl)cc1COC(=O)Cc1c(C)nn(CC(C)C)c1C. The number of carbonyl (C=O) groups excluding carboxylic acids is 1. The van der Waals surface area contributed by atoms with Crippen LogP contribution in [0.15, 0.2) is 18.2 Å². The molecule has 25 heavy (non-hydrogen) atoms. The summed E-state index contributed by atoms with van der Waals surface area (Å²) in [4.78, 5) is 12.3. The summed E-state index contributed by atoms with van der Waals surface area (Å²) in [5.41, 5.74) is 3.56. The van der Waals surface area contributed by atoms with Crippen LogP contribution in [0.5, 0.6) is 5.75 Å². The van der Waals surface area contributed by atoms with E-state index in [9.17, 15) is 4.79 Å². The average molecular weight is 365 g/mol. The van der Waals surface area contributed by atoms with Crippen LogP contribution in [0.2, 0.25) is 5.02 Å². The van der Waals surface area contributed by atoms with E-state index in [4.69, 9.17) is 21.1 Å². The highest BCUT2D eigenvalue weighted by Gasteiger charge is 2.17. The van der Waals surface area contributed by atoms with Crippen molar-refractivity contribution >= 4 is 17.6 Å². The number of benzene rings is 1. The summed E-state index contributed by atoms with van der Waals surface area (Å²) < 4.78 is 12.6. The number of hydrogen-bond acceptors (Lipinski definition) is 4. The maximum Gasteiger partial charge on any atom is 0.310 e. The van der Waals surface area contributed by atoms with Crippen molar-refractivity contribution in [3.8, 4) is 5.75 Å². The molecule has 0 bridgehead atoms. The third-order valence-electron chi connectivity index (χ3n) is 4.02. The van der Waals surface area contributed by atoms with Gasteiger partial charge in [-0.05, 0) is 38.0 Å². The lowest BCUT2D eigenvalue weighted by molar-refractivity contribution is -0.144. The minimum Gasteiger partial charge on any atom is -0.496 e. The van der Waals surface area contributed by atoms with Crippen molar-refractivity contribution < 1.29 is 14.3 Å². The molecule has 136 valence electrons. The van der Waals surface area contributed by atoms with E-state index in [0.717, 1.165) is 29.1 Å². The van der Waals surface area contributed by atoms with Gasteiger partial charge in [0.05, 0.1) is 19.2 Å². The zero-order valence-electron chi connectivity index (χ0n) is 15.4. The molecule has 0 N–H and O–H groups in total. The van der Waals surface area contributed by atoms with E-state index >= 15 is 0 Å². The zero-order valence-corrected chi connectivity index (χ0v) is 16.2. The molecule has 0 atom stereocenters. The zero-order chi connectivity index (χ0) is 18.6. The van der Waals surface area contributed by atoms with Crippen molar-refractivity contribution in [3.63, 3.8) is 0 Å². The van der Waals surface area contributed by atoms with Gasteiger partial charge in [-0.3, -0.25) is 9.48 Å². The van der Waals surface area contributed by atoms with E-state index in [1.54, 1.807) is 25.3 Å². The normalized spacial score (nSPS) is 11.0. The Labute approximate surface area is 153 Å². The Kier molecular flexibility index (Phi) is 6.48. The Hall–Kier alpha value is -2.01. The first-order valence-electron chi connectivity index (χ1n) is 8.32. The smallest absolute Gasteiger partial charge is 0.310 e. The van der Waals surface area contributed by atoms with Crippen molar-refractivity contribution in [3.05, 3.63) is 45.7 Å². The number of ether oxygens (including phenoxy) is 2. The van der Waals surface area contributed by atoms with Crippen molar-refractivity contribution in [1.82, 2.24) is 9.78 Å². The fourth-order valence-electron chi connectivity index (χ4n) is 2.73. The second-order valence-electron chi connectivity index (χ2n) is 6.52. The highest BCUT2D eigenvalue weighted by Crippen LogP contribution is 2.23. The quantitative estimate of drug-likeness (QED) is 0.694. The van der Waals surface area contributed by atoms with Crippen molar-refractivity contribution in [2.75, 3.05) is 7.11 Å². The van der Waals surface area contributed by atoms with Gasteiger partial charge in [0, 0.05) is 28.4 Å². The van der Waals surface area contributed by atoms with E-state index in [0.29, 0.717) is 16.7 Å². The average Bonchev–Trinajstić information content (AvgIpc) is 2.80. The fraction of sp³-hybridized carbons (Fsp3) is 0.474. The lowest BCUT2D eigenvalue weighted by atomic mass is 10.1. The molecule has 0 fully saturated rings. The maximum atomic E-state index is 12.3. The molecule has 1 aromatic carbocycles. The van der Waals surface area contributed by atoms with E-state index in [2.05, 4.69) is 18.9 Å². The Morgan fingerprint density at radius 3 is 2.68 bits per heavy atom. The summed E-state index contributed by atoms with van der Waals surface area (Å²) in [7, 11) is 1.57. The van der Waals surface area contributed by atoms with Crippen LogP contribution in [0.3, 0.4) is 0 Å². The summed E-state index contributed by atoms with van der Waals surface area (Å²) in [6, 6.07) is 5.24. The number of aromatic nitrogens is 2. The van der Waals surface area contributed by atoms with Gasteiger partial charge in [0.1, 0.15) is 12.4 Å². The van der Waals surface area contributed by atoms with E-state index in [1.807, 2.05) is 18.5 Å². The van der Waals surface area contributed by atoms with Gasteiger partial charge in [-0.25, -0.2) is 0 Å². The van der Waals surface area contributed by atoms with Crippen LogP contribution in [0.1, 0.15) is 36.4 Å². The standard InChI is InChI=1S/C19H25ClN2O3/c1-12(2)10-22-14(4)17(13(3)21-22)9-19(23)25-11-15-8-16(20)6-7-18(15)24-5/h6-8,12H,9-11H2,1-5H3. The van der Waals surface area contributed by atoms with Gasteiger partial charge in [0.25, 0.3) is 0 Å². The second-order valence-corrected chi connectivity index (χ2v) is 6.96. The number of rotatable bonds is 7. The fourth-order valence-corrected chi connectivity index (χ4v) is 2.92. The van der Waals surface area contributed by atoms with Crippen LogP contribution in [0.4, 0.5) is 0 Å². The van der Waals surface area contributed by atoms with E-state index in [-0.39, 0.29) is 19.0 Å². The molecule has 0 radical (unpaired) electrons. The number of nitrogens with zero attached hydrogens (tertiary/aromatic N) is 2. The Balaban J connectivity index is 2.04. The van der Waals surface area contributed by atoms with Gasteiger partial charge < -0.3 is 9.47 Å². The molecule has 5 nitrogen and oxygen atoms in total. The minimum absolute atomic E-state index is 0.126. The van der Waals surface area contributed by atoms with Crippen LogP contribution in [-0.2, 0) is 29.1 Å². The lowest BCUT2D eigenvalue weighted by Gasteiger charge is -2.10. The van der Waals surface area contributed by atoms with Crippen LogP contribution >= 0.6 is 11.6 Å². The van der Waals surface area contributed by atoms with Gasteiger partial charge in [-0.15, -0.1) is 0 Å². The summed E-state index contributed by atoms with van der Waals surface area (Å²) in [6.07, 6.45) is 0.207. The van der Waals surface area contributed by atoms with Crippen LogP contribution in [0.25, 0.3) is 0 Å². The molecule has 0 aliphatic rings. The summed E-state index contributed by atoms with van der Waals surface area (Å²) in [5.74, 6) is 0.847. The van der Waals surface area contributed by atoms with Crippen LogP contribution in [0, 0.1) is 19.8 Å². The monoisotopic (exact) mass is 364 g/mol. The third-order valence-corrected chi connectivity index (χ3v) is 4.26. The van der Waals surface area contributed by atoms with Crippen molar-refractivity contribution in [2.45, 2.75) is 47.3 Å². The first-order valence-corrected chi connectivity index (χ1v) is 8.70. The molecule has 2 aromatic rings. The number of esters is 1. The molecule has 0 spiro atoms. The number of halogens is 1. The number of aryl methyl sites for hydroxylation is 1. The molecule has 1 heterocycles. The Morgan fingerprint density at radius 1 is 1.32 bits per heavy atom. The molecule has 2 rings (SSSR count). The summed E-state index contributed by atoms with van der Waals surface area (Å²) >= 11 is 6.00. The first-order chi connectivity index (χ1) is 11.8. The molecular formula is C19H25ClN2O3. The number of hydrogen-bond donors (Lipinski definition) is 0. The molecule has 0 aliphatic heterocycles. The van der Waals surface area contributed by atoms with Gasteiger partial charge in [-0.1, -0.05) is 25.4 Å². The highest BCUT2D eigenvalue weighted by molar-refractivity contribution is 6.30. The molecular weight excluding hydrogens is 340 g/mol. The van der Waals surface area contributed by atoms with Crippen molar-refractivity contribution in [2.24, 2.45) is 5.92 Å². The molecule has 0 saturated heterocycles. The van der Waals surface area contributed by atoms with Gasteiger partial charge in [0.15, 0.2) is 0 Å². The molecule has 6 heteroatoms. The van der Waals surface area contributed by atoms with Crippen LogP contribution in [-0.4, -0.2) is 22.9 Å². The lowest BCUT2D eigenvalue weighted by Crippen LogP contribution is -2.11. The van der Waals surface area contributed by atoms with Gasteiger partial charge in [0.2, 0.25) is 0 Å². The van der Waals surface area contributed by atoms with E-state index in [1.165, 1.54) is 0 Å². The maximum absolute atomic E-state index is 12.3. The largest absolute Gasteiger partial charge is 0.496 e. The van der Waals surface area contributed by atoms with Gasteiger partial charge in [-0.2, -0.15) is 5.10 Å². The highest BCUT2D eigenvalue weighted by atomic mass is 35.5. The number of methoxy groups -OCH3 is 1. The molecule has 0 saturated carbocycles. The Bertz CT molecular complexity index is 753. The first kappa shape index (κ1) is 19.3.